The summed E-state index contributed by atoms with van der Waals surface area (Å²) < 4.78 is 16.7. The van der Waals surface area contributed by atoms with Crippen molar-refractivity contribution in [1.82, 2.24) is 5.32 Å². The van der Waals surface area contributed by atoms with Crippen molar-refractivity contribution in [3.05, 3.63) is 5.53 Å². The highest BCUT2D eigenvalue weighted by Gasteiger charge is 2.26. The summed E-state index contributed by atoms with van der Waals surface area (Å²) in [5.41, 5.74) is 8.28. The molecular weight excluding hydrogens is 322 g/mol. The van der Waals surface area contributed by atoms with Crippen LogP contribution in [0.5, 0.6) is 0 Å². The number of nitrogens with one attached hydrogen (secondary N) is 1. The van der Waals surface area contributed by atoms with Crippen molar-refractivity contribution < 1.29 is 28.5 Å². The van der Waals surface area contributed by atoms with Crippen molar-refractivity contribution in [2.75, 3.05) is 5.75 Å². The van der Waals surface area contributed by atoms with E-state index in [-0.39, 0.29) is 29.9 Å². The van der Waals surface area contributed by atoms with Crippen LogP contribution in [0.4, 0.5) is 0 Å². The average Bonchev–Trinajstić information content (AvgIpc) is 2.42. The van der Waals surface area contributed by atoms with Crippen LogP contribution in [0, 0.1) is 0 Å². The van der Waals surface area contributed by atoms with Crippen LogP contribution in [-0.4, -0.2) is 56.4 Å². The minimum Gasteiger partial charge on any atom is -0.616 e. The van der Waals surface area contributed by atoms with Gasteiger partial charge < -0.3 is 20.1 Å². The molecule has 0 aromatic rings. The van der Waals surface area contributed by atoms with Crippen molar-refractivity contribution in [2.45, 2.75) is 57.9 Å². The highest BCUT2D eigenvalue weighted by atomic mass is 32.2. The summed E-state index contributed by atoms with van der Waals surface area (Å²) in [4.78, 5) is 37.8. The minimum atomic E-state index is -1.34. The Labute approximate surface area is 138 Å². The molecule has 0 fully saturated rings. The SMILES string of the molecule is CC(C)OC(=O)[C@H](CCC(=O)C=[N+]=[N-])NC(=O)C[S+]([O-])C(C)C. The average molecular weight is 345 g/mol. The maximum atomic E-state index is 12.0. The smallest absolute Gasteiger partial charge is 0.328 e. The zero-order valence-corrected chi connectivity index (χ0v) is 14.6. The summed E-state index contributed by atoms with van der Waals surface area (Å²) in [7, 11) is 0. The molecule has 0 heterocycles. The summed E-state index contributed by atoms with van der Waals surface area (Å²) in [6.07, 6.45) is 0.244. The molecule has 130 valence electrons. The van der Waals surface area contributed by atoms with E-state index < -0.39 is 34.9 Å². The molecule has 0 rings (SSSR count). The summed E-state index contributed by atoms with van der Waals surface area (Å²) >= 11 is -1.34. The topological polar surface area (TPSA) is 132 Å². The van der Waals surface area contributed by atoms with E-state index in [2.05, 4.69) is 10.1 Å². The van der Waals surface area contributed by atoms with Crippen molar-refractivity contribution in [3.63, 3.8) is 0 Å². The number of ketones is 1. The number of carbonyl (C=O) groups is 3. The van der Waals surface area contributed by atoms with Gasteiger partial charge in [-0.1, -0.05) is 0 Å². The van der Waals surface area contributed by atoms with Crippen LogP contribution < -0.4 is 5.32 Å². The quantitative estimate of drug-likeness (QED) is 0.199. The first kappa shape index (κ1) is 21.3. The lowest BCUT2D eigenvalue weighted by Crippen LogP contribution is -2.45. The van der Waals surface area contributed by atoms with Gasteiger partial charge in [0.2, 0.25) is 5.78 Å². The van der Waals surface area contributed by atoms with Gasteiger partial charge in [0, 0.05) is 6.42 Å². The van der Waals surface area contributed by atoms with E-state index in [0.29, 0.717) is 0 Å². The number of esters is 1. The minimum absolute atomic E-state index is 0.00351. The van der Waals surface area contributed by atoms with Gasteiger partial charge in [-0.15, -0.1) is 0 Å². The van der Waals surface area contributed by atoms with Crippen LogP contribution in [0.15, 0.2) is 0 Å². The summed E-state index contributed by atoms with van der Waals surface area (Å²) in [5, 5.41) is 2.26. The number of Topliss-reactive ketones (excluding diaryl/α,β-unsaturated/α-hetero) is 1. The molecule has 9 heteroatoms. The van der Waals surface area contributed by atoms with Gasteiger partial charge in [-0.2, -0.15) is 4.79 Å². The first-order valence-electron chi connectivity index (χ1n) is 7.24. The van der Waals surface area contributed by atoms with E-state index in [9.17, 15) is 18.9 Å². The normalized spacial score (nSPS) is 13.2. The monoisotopic (exact) mass is 345 g/mol. The van der Waals surface area contributed by atoms with Crippen molar-refractivity contribution in [3.8, 4) is 0 Å². The second-order valence-corrected chi connectivity index (χ2v) is 7.42. The molecule has 0 aliphatic rings. The molecule has 23 heavy (non-hydrogen) atoms. The number of hydrogen-bond donors (Lipinski definition) is 1. The van der Waals surface area contributed by atoms with Crippen LogP contribution in [0.3, 0.4) is 0 Å². The number of hydrogen-bond acceptors (Lipinski definition) is 5. The van der Waals surface area contributed by atoms with Crippen LogP contribution in [0.1, 0.15) is 40.5 Å². The van der Waals surface area contributed by atoms with Crippen molar-refractivity contribution in [1.29, 1.82) is 0 Å². The maximum absolute atomic E-state index is 12.0. The molecule has 1 unspecified atom stereocenters. The lowest BCUT2D eigenvalue weighted by atomic mass is 10.1. The Bertz CT molecular complexity index is 475. The van der Waals surface area contributed by atoms with E-state index >= 15 is 0 Å². The Hall–Kier alpha value is -1.70. The Balaban J connectivity index is 4.76. The van der Waals surface area contributed by atoms with E-state index in [1.807, 2.05) is 0 Å². The molecule has 0 aromatic heterocycles. The highest BCUT2D eigenvalue weighted by Crippen LogP contribution is 2.05. The third kappa shape index (κ3) is 9.83. The third-order valence-corrected chi connectivity index (χ3v) is 4.25. The molecule has 0 radical (unpaired) electrons. The molecular formula is C14H23N3O5S. The molecule has 0 aliphatic heterocycles. The van der Waals surface area contributed by atoms with Gasteiger partial charge in [-0.3, -0.25) is 9.59 Å². The van der Waals surface area contributed by atoms with E-state index in [1.54, 1.807) is 27.7 Å². The van der Waals surface area contributed by atoms with Gasteiger partial charge in [0.05, 0.1) is 6.10 Å². The zero-order valence-electron chi connectivity index (χ0n) is 13.8. The Kier molecular flexibility index (Phi) is 10.1. The largest absolute Gasteiger partial charge is 0.616 e. The first-order valence-corrected chi connectivity index (χ1v) is 8.62. The zero-order chi connectivity index (χ0) is 18.0. The van der Waals surface area contributed by atoms with Gasteiger partial charge in [0.1, 0.15) is 11.3 Å². The Morgan fingerprint density at radius 3 is 2.39 bits per heavy atom. The third-order valence-electron chi connectivity index (χ3n) is 2.65. The number of rotatable bonds is 10. The molecule has 2 atom stereocenters. The van der Waals surface area contributed by atoms with Crippen LogP contribution in [0.2, 0.25) is 0 Å². The fourth-order valence-electron chi connectivity index (χ4n) is 1.51. The van der Waals surface area contributed by atoms with Crippen LogP contribution >= 0.6 is 0 Å². The molecule has 0 aromatic carbocycles. The van der Waals surface area contributed by atoms with Crippen molar-refractivity contribution in [2.24, 2.45) is 0 Å². The van der Waals surface area contributed by atoms with Gasteiger partial charge >= 0.3 is 12.2 Å². The fourth-order valence-corrected chi connectivity index (χ4v) is 2.19. The predicted octanol–water partition coefficient (Wildman–Crippen LogP) is 0.230. The van der Waals surface area contributed by atoms with Crippen LogP contribution in [0.25, 0.3) is 5.53 Å². The lowest BCUT2D eigenvalue weighted by molar-refractivity contribution is -0.151. The fraction of sp³-hybridized carbons (Fsp3) is 0.714. The number of ether oxygens (including phenoxy) is 1. The highest BCUT2D eigenvalue weighted by molar-refractivity contribution is 7.92. The Morgan fingerprint density at radius 1 is 1.30 bits per heavy atom. The van der Waals surface area contributed by atoms with E-state index in [1.165, 1.54) is 0 Å². The summed E-state index contributed by atoms with van der Waals surface area (Å²) in [6.45, 7) is 6.77. The second-order valence-electron chi connectivity index (χ2n) is 5.43. The second kappa shape index (κ2) is 10.9. The number of carbonyl (C=O) groups excluding carboxylic acids is 3. The standard InChI is InChI=1S/C14H23N3O5S/c1-9(2)22-14(20)12(6-5-11(18)7-16-15)17-13(19)8-23(21)10(3)4/h7,9-10,12H,5-6,8H2,1-4H3,(H,17,19)/t12-,23?/m0/s1. The lowest BCUT2D eigenvalue weighted by Gasteiger charge is -2.20. The van der Waals surface area contributed by atoms with Gasteiger partial charge in [0.15, 0.2) is 5.75 Å². The van der Waals surface area contributed by atoms with Gasteiger partial charge in [0.25, 0.3) is 5.91 Å². The molecule has 0 saturated heterocycles. The number of nitrogens with zero attached hydrogens (tertiary/aromatic N) is 2. The van der Waals surface area contributed by atoms with E-state index in [0.717, 1.165) is 6.21 Å². The van der Waals surface area contributed by atoms with Gasteiger partial charge in [-0.25, -0.2) is 4.79 Å². The summed E-state index contributed by atoms with van der Waals surface area (Å²) in [6, 6.07) is -1.02. The number of amides is 1. The van der Waals surface area contributed by atoms with Crippen molar-refractivity contribution >= 4 is 35.1 Å². The summed E-state index contributed by atoms with van der Waals surface area (Å²) in [5.74, 6) is -1.94. The van der Waals surface area contributed by atoms with Gasteiger partial charge in [-0.05, 0) is 45.3 Å². The molecule has 0 spiro atoms. The molecule has 1 amide bonds. The first-order chi connectivity index (χ1) is 10.7. The molecule has 8 nitrogen and oxygen atoms in total. The van der Waals surface area contributed by atoms with Crippen LogP contribution in [-0.2, 0) is 30.3 Å². The molecule has 1 N–H and O–H groups in total. The Morgan fingerprint density at radius 2 is 1.91 bits per heavy atom. The van der Waals surface area contributed by atoms with E-state index in [4.69, 9.17) is 10.3 Å². The molecule has 0 aliphatic carbocycles. The molecule has 0 saturated carbocycles. The molecule has 0 bridgehead atoms. The predicted molar refractivity (Wildman–Crippen MR) is 85.2 cm³/mol. The maximum Gasteiger partial charge on any atom is 0.328 e.